The van der Waals surface area contributed by atoms with Crippen LogP contribution in [0.3, 0.4) is 0 Å². The molecule has 0 heterocycles. The molecule has 0 rings (SSSR count). The first-order valence-electron chi connectivity index (χ1n) is 4.18. The second-order valence-corrected chi connectivity index (χ2v) is 3.34. The molecule has 0 bridgehead atoms. The number of hydrogen-bond acceptors (Lipinski definition) is 4. The van der Waals surface area contributed by atoms with Crippen molar-refractivity contribution in [1.82, 2.24) is 5.32 Å². The van der Waals surface area contributed by atoms with Crippen molar-refractivity contribution in [2.75, 3.05) is 19.1 Å². The van der Waals surface area contributed by atoms with Crippen LogP contribution in [0.4, 0.5) is 4.79 Å². The third-order valence-corrected chi connectivity index (χ3v) is 1.93. The predicted octanol–water partition coefficient (Wildman–Crippen LogP) is 1.86. The van der Waals surface area contributed by atoms with Gasteiger partial charge >= 0.3 is 6.09 Å². The molecule has 0 aromatic rings. The lowest BCUT2D eigenvalue weighted by Crippen LogP contribution is -2.18. The monoisotopic (exact) mass is 204 g/mol. The molecule has 0 saturated heterocycles. The minimum atomic E-state index is -0.519. The average molecular weight is 204 g/mol. The lowest BCUT2D eigenvalue weighted by molar-refractivity contribution is 0.152. The lowest BCUT2D eigenvalue weighted by atomic mass is 10.2. The van der Waals surface area contributed by atoms with Crippen LogP contribution in [0.15, 0.2) is 5.16 Å². The molecule has 0 aliphatic rings. The zero-order valence-corrected chi connectivity index (χ0v) is 9.11. The van der Waals surface area contributed by atoms with Crippen molar-refractivity contribution in [1.29, 1.82) is 0 Å². The van der Waals surface area contributed by atoms with Crippen LogP contribution < -0.4 is 5.32 Å². The molecule has 0 aliphatic carbocycles. The van der Waals surface area contributed by atoms with Crippen molar-refractivity contribution in [3.63, 3.8) is 0 Å². The topological polar surface area (TPSA) is 50.7 Å². The highest BCUT2D eigenvalue weighted by atomic mass is 32.2. The number of nitrogens with one attached hydrogen (secondary N) is 1. The zero-order chi connectivity index (χ0) is 10.1. The van der Waals surface area contributed by atoms with E-state index >= 15 is 0 Å². The number of thioether (sulfide) groups is 1. The fraction of sp³-hybridized carbons (Fsp3) is 0.750. The standard InChI is InChI=1S/C8H16N2O2S/c1-4-5-7(6-13-3)10-12-8(11)9-2/h4-6H2,1-3H3,(H,9,11). The molecular weight excluding hydrogens is 188 g/mol. The molecule has 4 nitrogen and oxygen atoms in total. The summed E-state index contributed by atoms with van der Waals surface area (Å²) in [6.45, 7) is 2.07. The zero-order valence-electron chi connectivity index (χ0n) is 8.29. The van der Waals surface area contributed by atoms with E-state index in [9.17, 15) is 4.79 Å². The third-order valence-electron chi connectivity index (χ3n) is 1.31. The van der Waals surface area contributed by atoms with Crippen LogP contribution in [0.5, 0.6) is 0 Å². The van der Waals surface area contributed by atoms with Crippen LogP contribution in [0.2, 0.25) is 0 Å². The Morgan fingerprint density at radius 2 is 2.31 bits per heavy atom. The van der Waals surface area contributed by atoms with Crippen LogP contribution in [0, 0.1) is 0 Å². The molecule has 0 saturated carbocycles. The normalized spacial score (nSPS) is 11.2. The lowest BCUT2D eigenvalue weighted by Gasteiger charge is -2.01. The Morgan fingerprint density at radius 3 is 2.77 bits per heavy atom. The van der Waals surface area contributed by atoms with Gasteiger partial charge in [0.05, 0.1) is 5.71 Å². The molecule has 13 heavy (non-hydrogen) atoms. The minimum Gasteiger partial charge on any atom is -0.323 e. The number of rotatable bonds is 5. The minimum absolute atomic E-state index is 0.519. The van der Waals surface area contributed by atoms with Crippen LogP contribution in [0.1, 0.15) is 19.8 Å². The summed E-state index contributed by atoms with van der Waals surface area (Å²) >= 11 is 1.67. The molecule has 0 atom stereocenters. The number of oxime groups is 1. The van der Waals surface area contributed by atoms with Gasteiger partial charge in [-0.2, -0.15) is 11.8 Å². The fourth-order valence-electron chi connectivity index (χ4n) is 0.751. The molecule has 0 spiro atoms. The van der Waals surface area contributed by atoms with Gasteiger partial charge in [0, 0.05) is 12.8 Å². The smallest absolute Gasteiger partial charge is 0.323 e. The SMILES string of the molecule is CCCC(CSC)=NOC(=O)NC. The summed E-state index contributed by atoms with van der Waals surface area (Å²) < 4.78 is 0. The van der Waals surface area contributed by atoms with Gasteiger partial charge < -0.3 is 5.32 Å². The Kier molecular flexibility index (Phi) is 7.48. The summed E-state index contributed by atoms with van der Waals surface area (Å²) in [6.07, 6.45) is 3.36. The second kappa shape index (κ2) is 7.91. The van der Waals surface area contributed by atoms with Crippen molar-refractivity contribution in [3.8, 4) is 0 Å². The molecule has 0 aromatic carbocycles. The Labute approximate surface area is 83.1 Å². The Hall–Kier alpha value is -0.710. The summed E-state index contributed by atoms with van der Waals surface area (Å²) in [6, 6.07) is 0. The van der Waals surface area contributed by atoms with E-state index in [-0.39, 0.29) is 0 Å². The third kappa shape index (κ3) is 6.45. The first kappa shape index (κ1) is 12.3. The molecule has 1 N–H and O–H groups in total. The second-order valence-electron chi connectivity index (χ2n) is 2.47. The van der Waals surface area contributed by atoms with Crippen LogP contribution in [-0.2, 0) is 4.84 Å². The summed E-state index contributed by atoms with van der Waals surface area (Å²) in [5, 5.41) is 6.09. The van der Waals surface area contributed by atoms with Crippen molar-refractivity contribution >= 4 is 23.6 Å². The van der Waals surface area contributed by atoms with Crippen LogP contribution >= 0.6 is 11.8 Å². The first-order valence-corrected chi connectivity index (χ1v) is 5.57. The predicted molar refractivity (Wildman–Crippen MR) is 56.3 cm³/mol. The van der Waals surface area contributed by atoms with E-state index < -0.39 is 6.09 Å². The van der Waals surface area contributed by atoms with Crippen molar-refractivity contribution in [2.24, 2.45) is 5.16 Å². The fourth-order valence-corrected chi connectivity index (χ4v) is 1.28. The molecular formula is C8H16N2O2S. The van der Waals surface area contributed by atoms with Crippen LogP contribution in [0.25, 0.3) is 0 Å². The molecule has 0 radical (unpaired) electrons. The van der Waals surface area contributed by atoms with Gasteiger partial charge in [-0.3, -0.25) is 4.84 Å². The Bertz CT molecular complexity index is 175. The van der Waals surface area contributed by atoms with E-state index in [4.69, 9.17) is 0 Å². The Morgan fingerprint density at radius 1 is 1.62 bits per heavy atom. The van der Waals surface area contributed by atoms with Crippen molar-refractivity contribution < 1.29 is 9.63 Å². The summed E-state index contributed by atoms with van der Waals surface area (Å²) in [4.78, 5) is 15.3. The van der Waals surface area contributed by atoms with Gasteiger partial charge in [-0.05, 0) is 12.7 Å². The van der Waals surface area contributed by atoms with Gasteiger partial charge in [-0.25, -0.2) is 4.79 Å². The molecule has 1 amide bonds. The molecule has 0 fully saturated rings. The maximum atomic E-state index is 10.7. The van der Waals surface area contributed by atoms with E-state index in [0.717, 1.165) is 24.3 Å². The van der Waals surface area contributed by atoms with Crippen molar-refractivity contribution in [3.05, 3.63) is 0 Å². The highest BCUT2D eigenvalue weighted by Crippen LogP contribution is 2.01. The van der Waals surface area contributed by atoms with Gasteiger partial charge in [-0.1, -0.05) is 18.5 Å². The van der Waals surface area contributed by atoms with E-state index in [1.165, 1.54) is 7.05 Å². The van der Waals surface area contributed by atoms with E-state index in [1.807, 2.05) is 6.26 Å². The average Bonchev–Trinajstić information content (AvgIpc) is 2.14. The first-order chi connectivity index (χ1) is 6.24. The maximum absolute atomic E-state index is 10.7. The van der Waals surface area contributed by atoms with Gasteiger partial charge in [-0.15, -0.1) is 0 Å². The molecule has 76 valence electrons. The largest absolute Gasteiger partial charge is 0.433 e. The van der Waals surface area contributed by atoms with Gasteiger partial charge in [0.1, 0.15) is 0 Å². The molecule has 0 aliphatic heterocycles. The Balaban J connectivity index is 3.94. The summed E-state index contributed by atoms with van der Waals surface area (Å²) in [5.41, 5.74) is 0.915. The summed E-state index contributed by atoms with van der Waals surface area (Å²) in [5.74, 6) is 0.810. The highest BCUT2D eigenvalue weighted by molar-refractivity contribution is 7.99. The molecule has 5 heteroatoms. The van der Waals surface area contributed by atoms with Gasteiger partial charge in [0.25, 0.3) is 0 Å². The number of amides is 1. The van der Waals surface area contributed by atoms with E-state index in [1.54, 1.807) is 11.8 Å². The quantitative estimate of drug-likeness (QED) is 0.422. The summed E-state index contributed by atoms with van der Waals surface area (Å²) in [7, 11) is 1.51. The number of carbonyl (C=O) groups excluding carboxylic acids is 1. The number of nitrogens with zero attached hydrogens (tertiary/aromatic N) is 1. The van der Waals surface area contributed by atoms with Gasteiger partial charge in [0.2, 0.25) is 0 Å². The van der Waals surface area contributed by atoms with Crippen LogP contribution in [-0.4, -0.2) is 30.9 Å². The van der Waals surface area contributed by atoms with E-state index in [2.05, 4.69) is 22.2 Å². The van der Waals surface area contributed by atoms with Gasteiger partial charge in [0.15, 0.2) is 0 Å². The number of carbonyl (C=O) groups is 1. The highest BCUT2D eigenvalue weighted by Gasteiger charge is 2.00. The molecule has 0 aromatic heterocycles. The van der Waals surface area contributed by atoms with E-state index in [0.29, 0.717) is 0 Å². The molecule has 0 unspecified atom stereocenters. The van der Waals surface area contributed by atoms with Crippen molar-refractivity contribution in [2.45, 2.75) is 19.8 Å². The number of hydrogen-bond donors (Lipinski definition) is 1. The maximum Gasteiger partial charge on any atom is 0.433 e.